The van der Waals surface area contributed by atoms with Crippen LogP contribution in [0.15, 0.2) is 29.4 Å². The van der Waals surface area contributed by atoms with Gasteiger partial charge in [0.15, 0.2) is 0 Å². The van der Waals surface area contributed by atoms with E-state index in [4.69, 9.17) is 5.21 Å². The molecule has 1 aliphatic heterocycles. The van der Waals surface area contributed by atoms with Crippen LogP contribution >= 0.6 is 0 Å². The number of hydrogen-bond acceptors (Lipinski definition) is 3. The molecule has 19 heavy (non-hydrogen) atoms. The molecule has 0 aliphatic carbocycles. The summed E-state index contributed by atoms with van der Waals surface area (Å²) in [5.41, 5.74) is 1.92. The molecule has 1 aliphatic rings. The lowest BCUT2D eigenvalue weighted by atomic mass is 9.94. The van der Waals surface area contributed by atoms with E-state index >= 15 is 0 Å². The lowest BCUT2D eigenvalue weighted by Gasteiger charge is -2.29. The number of benzene rings is 1. The number of fused-ring (bicyclic) bond motifs is 1. The zero-order chi connectivity index (χ0) is 14.0. The molecule has 0 saturated carbocycles. The Morgan fingerprint density at radius 1 is 1.32 bits per heavy atom. The van der Waals surface area contributed by atoms with Gasteiger partial charge in [-0.1, -0.05) is 44.1 Å². The second-order valence-electron chi connectivity index (χ2n) is 5.87. The molecule has 0 spiro atoms. The molecule has 1 heterocycles. The molecule has 1 aromatic carbocycles. The van der Waals surface area contributed by atoms with E-state index in [2.05, 4.69) is 5.16 Å². The van der Waals surface area contributed by atoms with Crippen molar-refractivity contribution in [1.82, 2.24) is 0 Å². The van der Waals surface area contributed by atoms with E-state index in [0.717, 1.165) is 17.7 Å². The van der Waals surface area contributed by atoms with Gasteiger partial charge in [-0.2, -0.15) is 0 Å². The number of rotatable bonds is 0. The maximum absolute atomic E-state index is 12.6. The van der Waals surface area contributed by atoms with Crippen molar-refractivity contribution in [2.45, 2.75) is 33.6 Å². The third-order valence-electron chi connectivity index (χ3n) is 3.31. The molecule has 4 nitrogen and oxygen atoms in total. The van der Waals surface area contributed by atoms with Gasteiger partial charge in [0.1, 0.15) is 0 Å². The fourth-order valence-electron chi connectivity index (χ4n) is 2.33. The smallest absolute Gasteiger partial charge is 0.232 e. The highest BCUT2D eigenvalue weighted by Gasteiger charge is 2.31. The summed E-state index contributed by atoms with van der Waals surface area (Å²) in [6.07, 6.45) is 1.48. The third kappa shape index (κ3) is 2.62. The number of nitrogens with zero attached hydrogens (tertiary/aromatic N) is 2. The number of para-hydroxylation sites is 1. The number of carbonyl (C=O) groups excluding carboxylic acids is 1. The lowest BCUT2D eigenvalue weighted by molar-refractivity contribution is -0.125. The van der Waals surface area contributed by atoms with E-state index in [0.29, 0.717) is 18.7 Å². The minimum absolute atomic E-state index is 0.0964. The van der Waals surface area contributed by atoms with Gasteiger partial charge < -0.3 is 10.1 Å². The van der Waals surface area contributed by atoms with Crippen molar-refractivity contribution in [1.29, 1.82) is 0 Å². The number of amides is 1. The number of hydrogen-bond donors (Lipinski definition) is 1. The zero-order valence-corrected chi connectivity index (χ0v) is 11.7. The molecule has 0 bridgehead atoms. The summed E-state index contributed by atoms with van der Waals surface area (Å²) < 4.78 is 0. The molecule has 102 valence electrons. The topological polar surface area (TPSA) is 52.9 Å². The molecule has 0 saturated heterocycles. The average molecular weight is 260 g/mol. The molecule has 0 aromatic heterocycles. The van der Waals surface area contributed by atoms with Crippen LogP contribution < -0.4 is 4.90 Å². The fraction of sp³-hybridized carbons (Fsp3) is 0.467. The van der Waals surface area contributed by atoms with Gasteiger partial charge in [0.25, 0.3) is 0 Å². The molecule has 0 unspecified atom stereocenters. The van der Waals surface area contributed by atoms with Crippen LogP contribution in [0.25, 0.3) is 0 Å². The van der Waals surface area contributed by atoms with E-state index in [-0.39, 0.29) is 5.91 Å². The Kier molecular flexibility index (Phi) is 3.60. The van der Waals surface area contributed by atoms with E-state index in [9.17, 15) is 4.79 Å². The summed E-state index contributed by atoms with van der Waals surface area (Å²) in [6.45, 7) is 6.42. The normalized spacial score (nSPS) is 18.1. The van der Waals surface area contributed by atoms with E-state index in [1.807, 2.05) is 49.9 Å². The molecule has 0 fully saturated rings. The van der Waals surface area contributed by atoms with Crippen LogP contribution in [0.1, 0.15) is 39.2 Å². The number of carbonyl (C=O) groups is 1. The molecule has 1 aromatic rings. The first-order valence-corrected chi connectivity index (χ1v) is 6.57. The first kappa shape index (κ1) is 13.6. The van der Waals surface area contributed by atoms with Crippen LogP contribution in [0.4, 0.5) is 5.69 Å². The quantitative estimate of drug-likeness (QED) is 0.576. The van der Waals surface area contributed by atoms with Gasteiger partial charge >= 0.3 is 0 Å². The van der Waals surface area contributed by atoms with Crippen LogP contribution in [-0.2, 0) is 4.79 Å². The summed E-state index contributed by atoms with van der Waals surface area (Å²) in [6, 6.07) is 7.62. The van der Waals surface area contributed by atoms with Crippen molar-refractivity contribution >= 4 is 17.3 Å². The molecular formula is C15H20N2O2. The van der Waals surface area contributed by atoms with Crippen molar-refractivity contribution < 1.29 is 10.0 Å². The van der Waals surface area contributed by atoms with E-state index in [1.165, 1.54) is 0 Å². The van der Waals surface area contributed by atoms with Crippen molar-refractivity contribution in [2.24, 2.45) is 10.6 Å². The summed E-state index contributed by atoms with van der Waals surface area (Å²) >= 11 is 0. The standard InChI is InChI=1S/C15H20N2O2/c1-15(2,3)14(18)17-10-6-8-12(16-19)11-7-4-5-9-13(11)17/h4-5,7,9,19H,6,8,10H2,1-3H3/b16-12-. The maximum atomic E-state index is 12.6. The molecule has 2 rings (SSSR count). The van der Waals surface area contributed by atoms with Crippen molar-refractivity contribution in [2.75, 3.05) is 11.4 Å². The lowest BCUT2D eigenvalue weighted by Crippen LogP contribution is -2.40. The highest BCUT2D eigenvalue weighted by atomic mass is 16.4. The van der Waals surface area contributed by atoms with Gasteiger partial charge in [0.2, 0.25) is 5.91 Å². The molecule has 0 radical (unpaired) electrons. The van der Waals surface area contributed by atoms with Gasteiger partial charge in [0.05, 0.1) is 11.4 Å². The van der Waals surface area contributed by atoms with Crippen LogP contribution in [0.5, 0.6) is 0 Å². The summed E-state index contributed by atoms with van der Waals surface area (Å²) in [5, 5.41) is 12.5. The van der Waals surface area contributed by atoms with Crippen LogP contribution in [0, 0.1) is 5.41 Å². The van der Waals surface area contributed by atoms with E-state index in [1.54, 1.807) is 0 Å². The monoisotopic (exact) mass is 260 g/mol. The number of oxime groups is 1. The van der Waals surface area contributed by atoms with Gasteiger partial charge in [-0.25, -0.2) is 0 Å². The minimum Gasteiger partial charge on any atom is -0.411 e. The van der Waals surface area contributed by atoms with Gasteiger partial charge in [-0.3, -0.25) is 4.79 Å². The molecule has 4 heteroatoms. The van der Waals surface area contributed by atoms with Crippen LogP contribution in [0.3, 0.4) is 0 Å². The SMILES string of the molecule is CC(C)(C)C(=O)N1CCC/C(=N/O)c2ccccc21. The van der Waals surface area contributed by atoms with Crippen molar-refractivity contribution in [3.05, 3.63) is 29.8 Å². The van der Waals surface area contributed by atoms with Gasteiger partial charge in [-0.15, -0.1) is 0 Å². The van der Waals surface area contributed by atoms with Crippen molar-refractivity contribution in [3.63, 3.8) is 0 Å². The van der Waals surface area contributed by atoms with Crippen LogP contribution in [-0.4, -0.2) is 23.4 Å². The molecule has 0 atom stereocenters. The third-order valence-corrected chi connectivity index (χ3v) is 3.31. The number of anilines is 1. The molecule has 1 amide bonds. The zero-order valence-electron chi connectivity index (χ0n) is 11.7. The average Bonchev–Trinajstić information content (AvgIpc) is 2.56. The summed E-state index contributed by atoms with van der Waals surface area (Å²) in [5.74, 6) is 0.0964. The first-order valence-electron chi connectivity index (χ1n) is 6.57. The Morgan fingerprint density at radius 2 is 2.00 bits per heavy atom. The Balaban J connectivity index is 2.50. The minimum atomic E-state index is -0.423. The fourth-order valence-corrected chi connectivity index (χ4v) is 2.33. The van der Waals surface area contributed by atoms with Crippen LogP contribution in [0.2, 0.25) is 0 Å². The molecular weight excluding hydrogens is 240 g/mol. The predicted molar refractivity (Wildman–Crippen MR) is 75.8 cm³/mol. The highest BCUT2D eigenvalue weighted by molar-refractivity contribution is 6.09. The van der Waals surface area contributed by atoms with Crippen molar-refractivity contribution in [3.8, 4) is 0 Å². The largest absolute Gasteiger partial charge is 0.411 e. The maximum Gasteiger partial charge on any atom is 0.232 e. The predicted octanol–water partition coefficient (Wildman–Crippen LogP) is 3.04. The first-order chi connectivity index (χ1) is 8.95. The Morgan fingerprint density at radius 3 is 2.63 bits per heavy atom. The Hall–Kier alpha value is -1.84. The second kappa shape index (κ2) is 5.03. The van der Waals surface area contributed by atoms with Gasteiger partial charge in [-0.05, 0) is 18.9 Å². The second-order valence-corrected chi connectivity index (χ2v) is 5.87. The summed E-state index contributed by atoms with van der Waals surface area (Å²) in [7, 11) is 0. The summed E-state index contributed by atoms with van der Waals surface area (Å²) in [4.78, 5) is 14.4. The highest BCUT2D eigenvalue weighted by Crippen LogP contribution is 2.30. The Labute approximate surface area is 113 Å². The van der Waals surface area contributed by atoms with Gasteiger partial charge in [0, 0.05) is 17.5 Å². The van der Waals surface area contributed by atoms with E-state index < -0.39 is 5.41 Å². The Bertz CT molecular complexity index is 515. The molecule has 1 N–H and O–H groups in total.